The molecular formula is C14H19NO3. The van der Waals surface area contributed by atoms with Gasteiger partial charge in [-0.1, -0.05) is 6.92 Å². The molecule has 0 atom stereocenters. The van der Waals surface area contributed by atoms with Crippen molar-refractivity contribution in [2.75, 3.05) is 13.2 Å². The Morgan fingerprint density at radius 1 is 1.44 bits per heavy atom. The first-order valence-electron chi connectivity index (χ1n) is 6.13. The van der Waals surface area contributed by atoms with Crippen LogP contribution in [0.1, 0.15) is 25.3 Å². The van der Waals surface area contributed by atoms with Crippen molar-refractivity contribution >= 4 is 5.97 Å². The molecule has 1 heterocycles. The summed E-state index contributed by atoms with van der Waals surface area (Å²) < 4.78 is 5.38. The van der Waals surface area contributed by atoms with Crippen LogP contribution < -0.4 is 0 Å². The summed E-state index contributed by atoms with van der Waals surface area (Å²) in [5.74, 6) is -0.863. The van der Waals surface area contributed by atoms with E-state index in [0.717, 1.165) is 12.8 Å². The molecule has 0 saturated carbocycles. The number of aromatic nitrogens is 1. The lowest BCUT2D eigenvalue weighted by molar-refractivity contribution is -0.132. The molecule has 0 amide bonds. The Hall–Kier alpha value is -1.68. The number of hydrogen-bond donors (Lipinski definition) is 1. The van der Waals surface area contributed by atoms with E-state index in [1.165, 1.54) is 5.56 Å². The van der Waals surface area contributed by atoms with Gasteiger partial charge in [-0.05, 0) is 43.0 Å². The van der Waals surface area contributed by atoms with Crippen LogP contribution in [0.25, 0.3) is 0 Å². The molecule has 0 aromatic carbocycles. The average Bonchev–Trinajstić information content (AvgIpc) is 2.38. The highest BCUT2D eigenvalue weighted by Crippen LogP contribution is 2.02. The molecule has 0 spiro atoms. The molecule has 18 heavy (non-hydrogen) atoms. The zero-order valence-electron chi connectivity index (χ0n) is 10.6. The molecule has 0 aliphatic heterocycles. The van der Waals surface area contributed by atoms with Crippen molar-refractivity contribution in [3.05, 3.63) is 41.7 Å². The van der Waals surface area contributed by atoms with E-state index in [0.29, 0.717) is 25.2 Å². The summed E-state index contributed by atoms with van der Waals surface area (Å²) in [7, 11) is 0. The molecule has 1 N–H and O–H groups in total. The van der Waals surface area contributed by atoms with Crippen molar-refractivity contribution in [2.45, 2.75) is 26.2 Å². The fraction of sp³-hybridized carbons (Fsp3) is 0.429. The van der Waals surface area contributed by atoms with E-state index in [1.54, 1.807) is 18.5 Å². The van der Waals surface area contributed by atoms with Crippen LogP contribution >= 0.6 is 0 Å². The van der Waals surface area contributed by atoms with Crippen LogP contribution in [0.4, 0.5) is 0 Å². The molecule has 1 aromatic rings. The van der Waals surface area contributed by atoms with E-state index < -0.39 is 5.97 Å². The van der Waals surface area contributed by atoms with Gasteiger partial charge in [0, 0.05) is 24.6 Å². The van der Waals surface area contributed by atoms with Crippen molar-refractivity contribution in [2.24, 2.45) is 0 Å². The smallest absolute Gasteiger partial charge is 0.331 e. The highest BCUT2D eigenvalue weighted by molar-refractivity contribution is 5.86. The molecule has 0 unspecified atom stereocenters. The number of hydrogen-bond acceptors (Lipinski definition) is 3. The molecule has 0 fully saturated rings. The van der Waals surface area contributed by atoms with Gasteiger partial charge in [0.1, 0.15) is 0 Å². The van der Waals surface area contributed by atoms with Gasteiger partial charge in [-0.25, -0.2) is 4.79 Å². The van der Waals surface area contributed by atoms with Crippen LogP contribution in [0.5, 0.6) is 0 Å². The quantitative estimate of drug-likeness (QED) is 0.568. The molecule has 1 aromatic heterocycles. The number of carbonyl (C=O) groups is 1. The van der Waals surface area contributed by atoms with Gasteiger partial charge in [-0.2, -0.15) is 0 Å². The Morgan fingerprint density at radius 3 is 2.78 bits per heavy atom. The highest BCUT2D eigenvalue weighted by atomic mass is 16.5. The second-order valence-electron chi connectivity index (χ2n) is 3.92. The van der Waals surface area contributed by atoms with Crippen molar-refractivity contribution in [1.82, 2.24) is 4.98 Å². The van der Waals surface area contributed by atoms with E-state index in [2.05, 4.69) is 4.98 Å². The van der Waals surface area contributed by atoms with E-state index in [1.807, 2.05) is 19.1 Å². The van der Waals surface area contributed by atoms with Crippen LogP contribution in [-0.2, 0) is 16.0 Å². The Bertz CT molecular complexity index is 387. The first-order valence-corrected chi connectivity index (χ1v) is 6.13. The molecule has 1 rings (SSSR count). The summed E-state index contributed by atoms with van der Waals surface area (Å²) in [6, 6.07) is 3.97. The molecule has 4 nitrogen and oxygen atoms in total. The molecule has 0 aliphatic rings. The van der Waals surface area contributed by atoms with Crippen LogP contribution in [0.15, 0.2) is 36.2 Å². The maximum absolute atomic E-state index is 10.7. The molecule has 0 radical (unpaired) electrons. The van der Waals surface area contributed by atoms with Crippen LogP contribution in [0.2, 0.25) is 0 Å². The summed E-state index contributed by atoms with van der Waals surface area (Å²) in [5.41, 5.74) is 1.65. The average molecular weight is 249 g/mol. The number of carboxylic acid groups (broad SMARTS) is 1. The van der Waals surface area contributed by atoms with E-state index in [9.17, 15) is 4.79 Å². The number of nitrogens with zero attached hydrogens (tertiary/aromatic N) is 1. The number of aliphatic carboxylic acids is 1. The molecular weight excluding hydrogens is 230 g/mol. The lowest BCUT2D eigenvalue weighted by Crippen LogP contribution is -2.02. The lowest BCUT2D eigenvalue weighted by atomic mass is 10.1. The summed E-state index contributed by atoms with van der Waals surface area (Å²) >= 11 is 0. The molecule has 0 bridgehead atoms. The predicted molar refractivity (Wildman–Crippen MR) is 69.4 cm³/mol. The maximum Gasteiger partial charge on any atom is 0.331 e. The first-order chi connectivity index (χ1) is 8.74. The van der Waals surface area contributed by atoms with Crippen molar-refractivity contribution in [1.29, 1.82) is 0 Å². The SMILES string of the molecule is CCC(=CCOCCCc1ccncc1)C(=O)O. The third kappa shape index (κ3) is 5.59. The number of carboxylic acids is 1. The number of pyridine rings is 1. The fourth-order valence-corrected chi connectivity index (χ4v) is 1.55. The maximum atomic E-state index is 10.7. The van der Waals surface area contributed by atoms with Crippen LogP contribution in [0.3, 0.4) is 0 Å². The molecule has 0 aliphatic carbocycles. The number of aryl methyl sites for hydroxylation is 1. The molecule has 0 saturated heterocycles. The zero-order chi connectivity index (χ0) is 13.2. The predicted octanol–water partition coefficient (Wildman–Crippen LogP) is 2.45. The summed E-state index contributed by atoms with van der Waals surface area (Å²) in [5, 5.41) is 8.79. The van der Waals surface area contributed by atoms with Crippen molar-refractivity contribution in [3.8, 4) is 0 Å². The number of rotatable bonds is 8. The first kappa shape index (κ1) is 14.4. The van der Waals surface area contributed by atoms with Gasteiger partial charge < -0.3 is 9.84 Å². The van der Waals surface area contributed by atoms with Gasteiger partial charge in [-0.3, -0.25) is 4.98 Å². The molecule has 4 heteroatoms. The Morgan fingerprint density at radius 2 is 2.17 bits per heavy atom. The van der Waals surface area contributed by atoms with Crippen molar-refractivity contribution < 1.29 is 14.6 Å². The summed E-state index contributed by atoms with van der Waals surface area (Å²) in [6.45, 7) is 2.82. The molecule has 98 valence electrons. The normalized spacial score (nSPS) is 11.5. The minimum atomic E-state index is -0.863. The topological polar surface area (TPSA) is 59.4 Å². The largest absolute Gasteiger partial charge is 0.478 e. The van der Waals surface area contributed by atoms with Gasteiger partial charge >= 0.3 is 5.97 Å². The van der Waals surface area contributed by atoms with Gasteiger partial charge in [0.05, 0.1) is 6.61 Å². The monoisotopic (exact) mass is 249 g/mol. The summed E-state index contributed by atoms with van der Waals surface area (Å²) in [4.78, 5) is 14.7. The van der Waals surface area contributed by atoms with Crippen LogP contribution in [0, 0.1) is 0 Å². The van der Waals surface area contributed by atoms with Gasteiger partial charge in [0.25, 0.3) is 0 Å². The van der Waals surface area contributed by atoms with Gasteiger partial charge in [0.15, 0.2) is 0 Å². The standard InChI is InChI=1S/C14H19NO3/c1-2-13(14(16)17)7-11-18-10-3-4-12-5-8-15-9-6-12/h5-9H,2-4,10-11H2,1H3,(H,16,17). The highest BCUT2D eigenvalue weighted by Gasteiger charge is 2.02. The fourth-order valence-electron chi connectivity index (χ4n) is 1.55. The lowest BCUT2D eigenvalue weighted by Gasteiger charge is -2.03. The summed E-state index contributed by atoms with van der Waals surface area (Å²) in [6.07, 6.45) is 7.58. The third-order valence-corrected chi connectivity index (χ3v) is 2.61. The van der Waals surface area contributed by atoms with Gasteiger partial charge in [-0.15, -0.1) is 0 Å². The minimum absolute atomic E-state index is 0.367. The Kier molecular flexibility index (Phi) is 6.72. The third-order valence-electron chi connectivity index (χ3n) is 2.61. The second kappa shape index (κ2) is 8.42. The zero-order valence-corrected chi connectivity index (χ0v) is 10.6. The van der Waals surface area contributed by atoms with E-state index in [-0.39, 0.29) is 0 Å². The number of ether oxygens (including phenoxy) is 1. The second-order valence-corrected chi connectivity index (χ2v) is 3.92. The van der Waals surface area contributed by atoms with E-state index >= 15 is 0 Å². The van der Waals surface area contributed by atoms with Crippen molar-refractivity contribution in [3.63, 3.8) is 0 Å². The minimum Gasteiger partial charge on any atom is -0.478 e. The Labute approximate surface area is 107 Å². The Balaban J connectivity index is 2.14. The van der Waals surface area contributed by atoms with Gasteiger partial charge in [0.2, 0.25) is 0 Å². The van der Waals surface area contributed by atoms with Crippen LogP contribution in [-0.4, -0.2) is 29.3 Å². The van der Waals surface area contributed by atoms with E-state index in [4.69, 9.17) is 9.84 Å².